The summed E-state index contributed by atoms with van der Waals surface area (Å²) in [6.45, 7) is 0. The Morgan fingerprint density at radius 1 is 0.375 bits per heavy atom. The first-order valence-corrected chi connectivity index (χ1v) is 12.7. The zero-order valence-corrected chi connectivity index (χ0v) is 20.7. The van der Waals surface area contributed by atoms with Crippen LogP contribution in [0.3, 0.4) is 0 Å². The van der Waals surface area contributed by atoms with Gasteiger partial charge in [-0.1, -0.05) is 48.5 Å². The van der Waals surface area contributed by atoms with Gasteiger partial charge in [0.25, 0.3) is 0 Å². The van der Waals surface area contributed by atoms with Crippen LogP contribution in [-0.4, -0.2) is 49.8 Å². The van der Waals surface area contributed by atoms with Crippen LogP contribution in [0.2, 0.25) is 0 Å². The molecule has 0 saturated heterocycles. The topological polar surface area (TPSA) is 135 Å². The Morgan fingerprint density at radius 2 is 0.725 bits per heavy atom. The zero-order valence-electron chi connectivity index (χ0n) is 20.7. The zero-order chi connectivity index (χ0) is 26.2. The quantitative estimate of drug-likeness (QED) is 0.264. The van der Waals surface area contributed by atoms with Crippen molar-refractivity contribution in [1.29, 1.82) is 0 Å². The molecular formula is C30H16N10. The van der Waals surface area contributed by atoms with Gasteiger partial charge in [0.05, 0.1) is 0 Å². The molecule has 2 aliphatic heterocycles. The number of rotatable bonds is 0. The highest BCUT2D eigenvalue weighted by atomic mass is 15.1. The molecule has 2 N–H and O–H groups in total. The summed E-state index contributed by atoms with van der Waals surface area (Å²) in [6, 6.07) is 19.7. The number of hydrogen-bond donors (Lipinski definition) is 2. The average molecular weight is 517 g/mol. The van der Waals surface area contributed by atoms with E-state index < -0.39 is 0 Å². The molecule has 10 heteroatoms. The molecule has 0 spiro atoms. The SMILES string of the molecule is c1ccc2c(c1)-c1nc-2nc2[nH]c(nc3nc(nc4[nH]c(n1)c1ccncc41)-c1ccccc1-3)c1cnccc21. The van der Waals surface area contributed by atoms with E-state index in [1.54, 1.807) is 24.8 Å². The number of fused-ring (bicyclic) bond motifs is 20. The molecular weight excluding hydrogens is 500 g/mol. The summed E-state index contributed by atoms with van der Waals surface area (Å²) in [5.74, 6) is 2.24. The fraction of sp³-hybridized carbons (Fsp3) is 0. The molecule has 0 amide bonds. The molecule has 0 saturated carbocycles. The van der Waals surface area contributed by atoms with E-state index in [1.807, 2.05) is 60.7 Å². The number of aromatic amines is 2. The fourth-order valence-corrected chi connectivity index (χ4v) is 5.38. The van der Waals surface area contributed by atoms with Crippen LogP contribution >= 0.6 is 0 Å². The van der Waals surface area contributed by atoms with Crippen molar-refractivity contribution >= 4 is 44.1 Å². The lowest BCUT2D eigenvalue weighted by Gasteiger charge is -1.96. The van der Waals surface area contributed by atoms with E-state index in [0.29, 0.717) is 45.9 Å². The first kappa shape index (κ1) is 21.1. The van der Waals surface area contributed by atoms with Crippen LogP contribution in [0.25, 0.3) is 89.7 Å². The van der Waals surface area contributed by atoms with Crippen LogP contribution in [0.4, 0.5) is 0 Å². The number of aromatic nitrogens is 10. The van der Waals surface area contributed by atoms with Crippen molar-refractivity contribution < 1.29 is 0 Å². The van der Waals surface area contributed by atoms with Crippen LogP contribution in [0.15, 0.2) is 85.5 Å². The molecule has 10 nitrogen and oxygen atoms in total. The molecule has 0 radical (unpaired) electrons. The molecule has 9 rings (SSSR count). The maximum atomic E-state index is 4.98. The van der Waals surface area contributed by atoms with Crippen molar-refractivity contribution in [2.45, 2.75) is 0 Å². The largest absolute Gasteiger partial charge is 0.324 e. The Hall–Kier alpha value is -5.90. The van der Waals surface area contributed by atoms with Gasteiger partial charge in [0, 0.05) is 68.6 Å². The number of H-pyrrole nitrogens is 2. The minimum Gasteiger partial charge on any atom is -0.324 e. The molecule has 2 aliphatic rings. The standard InChI is InChI=1S/C30H16N10/c1-2-6-16-15(5-1)23-33-24(16)36-28-20-10-12-32-14-22(20)30(40-28)38-26-18-8-4-3-7-17(18)25(34-26)37-29-21-13-31-11-9-19(21)27(35-23)39-29/h1-14H,(H2,33,34,35,36,37,38,39,40). The maximum Gasteiger partial charge on any atom is 0.164 e. The van der Waals surface area contributed by atoms with E-state index in [2.05, 4.69) is 19.9 Å². The fourth-order valence-electron chi connectivity index (χ4n) is 5.38. The second-order valence-corrected chi connectivity index (χ2v) is 9.54. The van der Waals surface area contributed by atoms with Gasteiger partial charge in [-0.3, -0.25) is 9.97 Å². The summed E-state index contributed by atoms with van der Waals surface area (Å²) in [6.07, 6.45) is 7.05. The second-order valence-electron chi connectivity index (χ2n) is 9.54. The van der Waals surface area contributed by atoms with Crippen LogP contribution in [-0.2, 0) is 0 Å². The maximum absolute atomic E-state index is 4.98. The Morgan fingerprint density at radius 3 is 1.10 bits per heavy atom. The van der Waals surface area contributed by atoms with E-state index >= 15 is 0 Å². The van der Waals surface area contributed by atoms with E-state index in [4.69, 9.17) is 29.9 Å². The van der Waals surface area contributed by atoms with Crippen LogP contribution in [0, 0.1) is 0 Å². The predicted octanol–water partition coefficient (Wildman–Crippen LogP) is 5.66. The lowest BCUT2D eigenvalue weighted by Crippen LogP contribution is -1.82. The summed E-state index contributed by atoms with van der Waals surface area (Å²) in [4.78, 5) is 45.1. The molecule has 0 fully saturated rings. The highest BCUT2D eigenvalue weighted by molar-refractivity contribution is 6.05. The Balaban J connectivity index is 1.51. The number of pyridine rings is 2. The monoisotopic (exact) mass is 516 g/mol. The van der Waals surface area contributed by atoms with Gasteiger partial charge < -0.3 is 9.97 Å². The van der Waals surface area contributed by atoms with Gasteiger partial charge in [-0.25, -0.2) is 29.9 Å². The van der Waals surface area contributed by atoms with Gasteiger partial charge in [0.15, 0.2) is 23.3 Å². The van der Waals surface area contributed by atoms with Crippen molar-refractivity contribution in [2.24, 2.45) is 0 Å². The molecule has 186 valence electrons. The smallest absolute Gasteiger partial charge is 0.164 e. The predicted molar refractivity (Wildman–Crippen MR) is 152 cm³/mol. The highest BCUT2D eigenvalue weighted by Crippen LogP contribution is 2.36. The molecule has 0 aliphatic carbocycles. The lowest BCUT2D eigenvalue weighted by molar-refractivity contribution is 1.19. The van der Waals surface area contributed by atoms with Gasteiger partial charge >= 0.3 is 0 Å². The summed E-state index contributed by atoms with van der Waals surface area (Å²) in [5, 5.41) is 3.44. The number of nitrogens with one attached hydrogen (secondary N) is 2. The summed E-state index contributed by atoms with van der Waals surface area (Å²) in [7, 11) is 0. The molecule has 40 heavy (non-hydrogen) atoms. The summed E-state index contributed by atoms with van der Waals surface area (Å²) in [5.41, 5.74) is 6.08. The van der Waals surface area contributed by atoms with Crippen molar-refractivity contribution in [1.82, 2.24) is 49.8 Å². The van der Waals surface area contributed by atoms with Crippen LogP contribution in [0.5, 0.6) is 0 Å². The first-order chi connectivity index (χ1) is 19.8. The van der Waals surface area contributed by atoms with Crippen molar-refractivity contribution in [3.05, 3.63) is 85.5 Å². The third-order valence-electron chi connectivity index (χ3n) is 7.25. The summed E-state index contributed by atoms with van der Waals surface area (Å²) >= 11 is 0. The Bertz CT molecular complexity index is 2030. The van der Waals surface area contributed by atoms with E-state index in [9.17, 15) is 0 Å². The first-order valence-electron chi connectivity index (χ1n) is 12.7. The van der Waals surface area contributed by atoms with Crippen molar-refractivity contribution in [2.75, 3.05) is 0 Å². The molecule has 7 aromatic rings. The second kappa shape index (κ2) is 7.81. The number of benzene rings is 2. The number of hydrogen-bond acceptors (Lipinski definition) is 8. The molecule has 5 aromatic heterocycles. The van der Waals surface area contributed by atoms with E-state index in [1.165, 1.54) is 0 Å². The van der Waals surface area contributed by atoms with Gasteiger partial charge in [0.2, 0.25) is 0 Å². The molecule has 0 unspecified atom stereocenters. The van der Waals surface area contributed by atoms with E-state index in [-0.39, 0.29) is 0 Å². The Kier molecular flexibility index (Phi) is 4.11. The van der Waals surface area contributed by atoms with Gasteiger partial charge in [-0.05, 0) is 12.1 Å². The van der Waals surface area contributed by atoms with Crippen LogP contribution < -0.4 is 0 Å². The third kappa shape index (κ3) is 2.98. The lowest BCUT2D eigenvalue weighted by atomic mass is 10.1. The molecule has 8 bridgehead atoms. The molecule has 7 heterocycles. The van der Waals surface area contributed by atoms with Gasteiger partial charge in [-0.2, -0.15) is 0 Å². The highest BCUT2D eigenvalue weighted by Gasteiger charge is 2.21. The third-order valence-corrected chi connectivity index (χ3v) is 7.25. The van der Waals surface area contributed by atoms with Gasteiger partial charge in [0.1, 0.15) is 22.6 Å². The minimum atomic E-state index is 0.554. The summed E-state index contributed by atoms with van der Waals surface area (Å²) < 4.78 is 0. The number of nitrogens with zero attached hydrogens (tertiary/aromatic N) is 8. The average Bonchev–Trinajstić information content (AvgIpc) is 3.73. The minimum absolute atomic E-state index is 0.554. The van der Waals surface area contributed by atoms with Crippen LogP contribution in [0.1, 0.15) is 0 Å². The molecule has 0 atom stereocenters. The normalized spacial score (nSPS) is 12.0. The van der Waals surface area contributed by atoms with Crippen molar-refractivity contribution in [3.8, 4) is 45.6 Å². The Labute approximate surface area is 225 Å². The van der Waals surface area contributed by atoms with Gasteiger partial charge in [-0.15, -0.1) is 0 Å². The van der Waals surface area contributed by atoms with Crippen molar-refractivity contribution in [3.63, 3.8) is 0 Å². The van der Waals surface area contributed by atoms with E-state index in [0.717, 1.165) is 43.8 Å². The molecule has 2 aromatic carbocycles.